The average molecular weight is 206 g/mol. The Morgan fingerprint density at radius 1 is 1.27 bits per heavy atom. The molecule has 0 heterocycles. The van der Waals surface area contributed by atoms with Crippen molar-refractivity contribution < 1.29 is 0 Å². The van der Waals surface area contributed by atoms with Gasteiger partial charge in [0.25, 0.3) is 0 Å². The van der Waals surface area contributed by atoms with E-state index >= 15 is 0 Å². The Morgan fingerprint density at radius 3 is 2.60 bits per heavy atom. The van der Waals surface area contributed by atoms with Gasteiger partial charge in [-0.25, -0.2) is 0 Å². The molecule has 1 rings (SSSR count). The highest BCUT2D eigenvalue weighted by Crippen LogP contribution is 2.28. The van der Waals surface area contributed by atoms with Crippen molar-refractivity contribution in [1.82, 2.24) is 0 Å². The minimum absolute atomic E-state index is 0.855. The molecule has 0 aromatic rings. The summed E-state index contributed by atoms with van der Waals surface area (Å²) in [4.78, 5) is 0. The molecule has 0 bridgehead atoms. The summed E-state index contributed by atoms with van der Waals surface area (Å²) in [5.41, 5.74) is 1.70. The van der Waals surface area contributed by atoms with Crippen LogP contribution in [0.2, 0.25) is 0 Å². The van der Waals surface area contributed by atoms with E-state index in [0.717, 1.165) is 11.8 Å². The first-order chi connectivity index (χ1) is 7.24. The SMILES string of the molecule is CCC(CCCC(C)C)C1=CC=CCC1. The van der Waals surface area contributed by atoms with Gasteiger partial charge in [0.05, 0.1) is 0 Å². The van der Waals surface area contributed by atoms with Crippen LogP contribution in [0.5, 0.6) is 0 Å². The maximum atomic E-state index is 2.35. The first kappa shape index (κ1) is 12.5. The predicted molar refractivity (Wildman–Crippen MR) is 68.9 cm³/mol. The van der Waals surface area contributed by atoms with Crippen LogP contribution >= 0.6 is 0 Å². The van der Waals surface area contributed by atoms with Gasteiger partial charge in [-0.3, -0.25) is 0 Å². The zero-order valence-electron chi connectivity index (χ0n) is 10.6. The maximum Gasteiger partial charge on any atom is -0.0203 e. The van der Waals surface area contributed by atoms with Crippen LogP contribution in [0.1, 0.15) is 59.3 Å². The zero-order chi connectivity index (χ0) is 11.1. The molecule has 0 spiro atoms. The highest BCUT2D eigenvalue weighted by atomic mass is 14.2. The molecule has 1 unspecified atom stereocenters. The molecule has 0 nitrogen and oxygen atoms in total. The lowest BCUT2D eigenvalue weighted by molar-refractivity contribution is 0.455. The average Bonchev–Trinajstić information content (AvgIpc) is 2.25. The third kappa shape index (κ3) is 4.68. The van der Waals surface area contributed by atoms with Crippen molar-refractivity contribution >= 4 is 0 Å². The van der Waals surface area contributed by atoms with Crippen LogP contribution in [0.15, 0.2) is 23.8 Å². The summed E-state index contributed by atoms with van der Waals surface area (Å²) in [5.74, 6) is 1.72. The maximum absolute atomic E-state index is 2.35. The second-order valence-electron chi connectivity index (χ2n) is 5.14. The van der Waals surface area contributed by atoms with Crippen LogP contribution in [0, 0.1) is 11.8 Å². The van der Waals surface area contributed by atoms with E-state index in [1.807, 2.05) is 0 Å². The summed E-state index contributed by atoms with van der Waals surface area (Å²) >= 11 is 0. The van der Waals surface area contributed by atoms with Crippen LogP contribution in [-0.4, -0.2) is 0 Å². The Kier molecular flexibility index (Phi) is 5.75. The topological polar surface area (TPSA) is 0 Å². The molecular weight excluding hydrogens is 180 g/mol. The summed E-state index contributed by atoms with van der Waals surface area (Å²) < 4.78 is 0. The van der Waals surface area contributed by atoms with Crippen molar-refractivity contribution in [3.8, 4) is 0 Å². The molecule has 86 valence electrons. The van der Waals surface area contributed by atoms with Crippen LogP contribution in [0.25, 0.3) is 0 Å². The van der Waals surface area contributed by atoms with Crippen LogP contribution in [-0.2, 0) is 0 Å². The van der Waals surface area contributed by atoms with Gasteiger partial charge in [-0.15, -0.1) is 0 Å². The van der Waals surface area contributed by atoms with E-state index in [4.69, 9.17) is 0 Å². The number of hydrogen-bond acceptors (Lipinski definition) is 0. The van der Waals surface area contributed by atoms with Crippen LogP contribution in [0.3, 0.4) is 0 Å². The highest BCUT2D eigenvalue weighted by Gasteiger charge is 2.12. The smallest absolute Gasteiger partial charge is 0.0203 e. The summed E-state index contributed by atoms with van der Waals surface area (Å²) in [5, 5.41) is 0. The Balaban J connectivity index is 2.34. The van der Waals surface area contributed by atoms with E-state index in [9.17, 15) is 0 Å². The normalized spacial score (nSPS) is 18.0. The minimum Gasteiger partial charge on any atom is -0.0842 e. The third-order valence-electron chi connectivity index (χ3n) is 3.40. The summed E-state index contributed by atoms with van der Waals surface area (Å²) in [6, 6.07) is 0. The standard InChI is InChI=1S/C15H26/c1-4-14(12-8-9-13(2)3)15-10-6-5-7-11-15/h5-6,10,13-14H,4,7-9,11-12H2,1-3H3. The molecule has 0 N–H and O–H groups in total. The van der Waals surface area contributed by atoms with Gasteiger partial charge >= 0.3 is 0 Å². The lowest BCUT2D eigenvalue weighted by Crippen LogP contribution is -2.05. The van der Waals surface area contributed by atoms with Crippen molar-refractivity contribution in [3.63, 3.8) is 0 Å². The number of allylic oxidation sites excluding steroid dienone is 4. The molecule has 1 atom stereocenters. The molecule has 0 fully saturated rings. The Hall–Kier alpha value is -0.520. The molecule has 0 heteroatoms. The van der Waals surface area contributed by atoms with Gasteiger partial charge in [0.15, 0.2) is 0 Å². The van der Waals surface area contributed by atoms with Gasteiger partial charge in [0, 0.05) is 0 Å². The number of rotatable bonds is 6. The third-order valence-corrected chi connectivity index (χ3v) is 3.40. The highest BCUT2D eigenvalue weighted by molar-refractivity contribution is 5.19. The monoisotopic (exact) mass is 206 g/mol. The molecule has 1 aliphatic rings. The summed E-state index contributed by atoms with van der Waals surface area (Å²) in [7, 11) is 0. The zero-order valence-corrected chi connectivity index (χ0v) is 10.6. The minimum atomic E-state index is 0.855. The summed E-state index contributed by atoms with van der Waals surface area (Å²) in [6.07, 6.45) is 14.9. The molecule has 1 aliphatic carbocycles. The first-order valence-corrected chi connectivity index (χ1v) is 6.59. The van der Waals surface area contributed by atoms with Crippen molar-refractivity contribution in [2.45, 2.75) is 59.3 Å². The lowest BCUT2D eigenvalue weighted by atomic mass is 9.85. The van der Waals surface area contributed by atoms with E-state index in [-0.39, 0.29) is 0 Å². The van der Waals surface area contributed by atoms with Gasteiger partial charge < -0.3 is 0 Å². The van der Waals surface area contributed by atoms with Crippen molar-refractivity contribution in [1.29, 1.82) is 0 Å². The fourth-order valence-corrected chi connectivity index (χ4v) is 2.39. The van der Waals surface area contributed by atoms with E-state index in [1.54, 1.807) is 5.57 Å². The van der Waals surface area contributed by atoms with Gasteiger partial charge in [-0.1, -0.05) is 57.4 Å². The van der Waals surface area contributed by atoms with Crippen molar-refractivity contribution in [2.24, 2.45) is 11.8 Å². The molecule has 0 aliphatic heterocycles. The van der Waals surface area contributed by atoms with E-state index in [1.165, 1.54) is 38.5 Å². The fourth-order valence-electron chi connectivity index (χ4n) is 2.39. The molecule has 15 heavy (non-hydrogen) atoms. The van der Waals surface area contributed by atoms with Crippen LogP contribution in [0.4, 0.5) is 0 Å². The van der Waals surface area contributed by atoms with Gasteiger partial charge in [0.2, 0.25) is 0 Å². The molecular formula is C15H26. The molecule has 0 aromatic heterocycles. The van der Waals surface area contributed by atoms with E-state index in [2.05, 4.69) is 39.0 Å². The largest absolute Gasteiger partial charge is 0.0842 e. The van der Waals surface area contributed by atoms with Gasteiger partial charge in [0.1, 0.15) is 0 Å². The Morgan fingerprint density at radius 2 is 2.07 bits per heavy atom. The Labute approximate surface area is 95.5 Å². The predicted octanol–water partition coefficient (Wildman–Crippen LogP) is 5.12. The number of hydrogen-bond donors (Lipinski definition) is 0. The second kappa shape index (κ2) is 6.87. The molecule has 0 saturated heterocycles. The first-order valence-electron chi connectivity index (χ1n) is 6.59. The van der Waals surface area contributed by atoms with Crippen molar-refractivity contribution in [2.75, 3.05) is 0 Å². The van der Waals surface area contributed by atoms with Crippen molar-refractivity contribution in [3.05, 3.63) is 23.8 Å². The van der Waals surface area contributed by atoms with Gasteiger partial charge in [-0.2, -0.15) is 0 Å². The molecule has 0 amide bonds. The molecule has 0 aromatic carbocycles. The van der Waals surface area contributed by atoms with Crippen LogP contribution < -0.4 is 0 Å². The molecule has 0 saturated carbocycles. The molecule has 0 radical (unpaired) electrons. The fraction of sp³-hybridized carbons (Fsp3) is 0.733. The Bertz CT molecular complexity index is 220. The van der Waals surface area contributed by atoms with Gasteiger partial charge in [-0.05, 0) is 37.5 Å². The van der Waals surface area contributed by atoms with E-state index in [0.29, 0.717) is 0 Å². The quantitative estimate of drug-likeness (QED) is 0.566. The lowest BCUT2D eigenvalue weighted by Gasteiger charge is -2.20. The second-order valence-corrected chi connectivity index (χ2v) is 5.14. The van der Waals surface area contributed by atoms with E-state index < -0.39 is 0 Å². The summed E-state index contributed by atoms with van der Waals surface area (Å²) in [6.45, 7) is 6.98.